The van der Waals surface area contributed by atoms with Crippen molar-refractivity contribution in [3.8, 4) is 11.8 Å². The van der Waals surface area contributed by atoms with Crippen LogP contribution in [0, 0.1) is 17.3 Å². The molecule has 2 heterocycles. The second-order valence-corrected chi connectivity index (χ2v) is 5.88. The summed E-state index contributed by atoms with van der Waals surface area (Å²) in [7, 11) is 0. The Morgan fingerprint density at radius 1 is 1.30 bits per heavy atom. The number of hydrogen-bond donors (Lipinski definition) is 1. The number of ether oxygens (including phenoxy) is 1. The van der Waals surface area contributed by atoms with Gasteiger partial charge in [0.15, 0.2) is 18.3 Å². The van der Waals surface area contributed by atoms with Gasteiger partial charge in [-0.05, 0) is 35.8 Å². The lowest BCUT2D eigenvalue weighted by Crippen LogP contribution is -2.28. The second-order valence-electron chi connectivity index (χ2n) is 5.88. The monoisotopic (exact) mass is 268 g/mol. The Morgan fingerprint density at radius 2 is 2.15 bits per heavy atom. The number of aromatic nitrogens is 1. The highest BCUT2D eigenvalue weighted by atomic mass is 16.5. The van der Waals surface area contributed by atoms with Crippen LogP contribution in [0.25, 0.3) is 0 Å². The summed E-state index contributed by atoms with van der Waals surface area (Å²) in [5, 5.41) is 2.92. The Kier molecular flexibility index (Phi) is 2.98. The SMILES string of the molecule is CC1(C)CC(=O)c2ccc(C#CC3=CNCO3)nc2C1. The van der Waals surface area contributed by atoms with E-state index in [1.54, 1.807) is 12.3 Å². The molecule has 0 spiro atoms. The van der Waals surface area contributed by atoms with Gasteiger partial charge >= 0.3 is 0 Å². The molecule has 3 rings (SSSR count). The lowest BCUT2D eigenvalue weighted by atomic mass is 9.75. The molecule has 0 fully saturated rings. The van der Waals surface area contributed by atoms with Gasteiger partial charge in [-0.2, -0.15) is 0 Å². The fourth-order valence-corrected chi connectivity index (χ4v) is 2.50. The molecule has 4 nitrogen and oxygen atoms in total. The third-order valence-electron chi connectivity index (χ3n) is 3.42. The minimum absolute atomic E-state index is 0.0237. The lowest BCUT2D eigenvalue weighted by molar-refractivity contribution is 0.0910. The van der Waals surface area contributed by atoms with Crippen molar-refractivity contribution in [3.05, 3.63) is 41.0 Å². The molecule has 1 aromatic heterocycles. The highest BCUT2D eigenvalue weighted by Gasteiger charge is 2.31. The molecule has 1 N–H and O–H groups in total. The van der Waals surface area contributed by atoms with Crippen LogP contribution >= 0.6 is 0 Å². The molecular weight excluding hydrogens is 252 g/mol. The van der Waals surface area contributed by atoms with Crippen LogP contribution in [0.5, 0.6) is 0 Å². The van der Waals surface area contributed by atoms with Crippen molar-refractivity contribution in [2.75, 3.05) is 6.73 Å². The number of carbonyl (C=O) groups is 1. The van der Waals surface area contributed by atoms with Crippen LogP contribution in [-0.2, 0) is 11.2 Å². The quantitative estimate of drug-likeness (QED) is 0.731. The minimum atomic E-state index is -0.0237. The molecule has 0 atom stereocenters. The first-order valence-corrected chi connectivity index (χ1v) is 6.65. The fourth-order valence-electron chi connectivity index (χ4n) is 2.50. The normalized spacial score (nSPS) is 19.1. The second kappa shape index (κ2) is 4.68. The van der Waals surface area contributed by atoms with E-state index in [4.69, 9.17) is 4.74 Å². The van der Waals surface area contributed by atoms with Crippen LogP contribution in [0.15, 0.2) is 24.1 Å². The maximum Gasteiger partial charge on any atom is 0.188 e. The van der Waals surface area contributed by atoms with Crippen molar-refractivity contribution in [2.45, 2.75) is 26.7 Å². The first kappa shape index (κ1) is 12.7. The van der Waals surface area contributed by atoms with Gasteiger partial charge in [0.05, 0.1) is 11.9 Å². The number of pyridine rings is 1. The van der Waals surface area contributed by atoms with E-state index in [1.807, 2.05) is 6.07 Å². The summed E-state index contributed by atoms with van der Waals surface area (Å²) in [6.07, 6.45) is 3.13. The molecule has 0 saturated heterocycles. The van der Waals surface area contributed by atoms with Gasteiger partial charge in [0.1, 0.15) is 5.69 Å². The first-order chi connectivity index (χ1) is 9.53. The smallest absolute Gasteiger partial charge is 0.188 e. The Hall–Kier alpha value is -2.28. The maximum absolute atomic E-state index is 12.1. The summed E-state index contributed by atoms with van der Waals surface area (Å²) in [5.74, 6) is 6.68. The maximum atomic E-state index is 12.1. The third-order valence-corrected chi connectivity index (χ3v) is 3.42. The van der Waals surface area contributed by atoms with E-state index in [2.05, 4.69) is 36.0 Å². The zero-order valence-corrected chi connectivity index (χ0v) is 11.6. The zero-order valence-electron chi connectivity index (χ0n) is 11.6. The van der Waals surface area contributed by atoms with E-state index in [0.29, 0.717) is 24.6 Å². The number of hydrogen-bond acceptors (Lipinski definition) is 4. The standard InChI is InChI=1S/C16H16N2O2/c1-16(2)7-14-13(15(19)8-16)6-4-11(18-14)3-5-12-9-17-10-20-12/h4,6,9,17H,7-8,10H2,1-2H3. The van der Waals surface area contributed by atoms with Crippen LogP contribution in [0.1, 0.15) is 42.0 Å². The molecule has 0 saturated carbocycles. The topological polar surface area (TPSA) is 51.2 Å². The predicted octanol–water partition coefficient (Wildman–Crippen LogP) is 2.01. The molecule has 0 amide bonds. The number of Topliss-reactive ketones (excluding diaryl/α,β-unsaturated/α-hetero) is 1. The van der Waals surface area contributed by atoms with Crippen LogP contribution in [0.4, 0.5) is 0 Å². The van der Waals surface area contributed by atoms with Gasteiger partial charge in [-0.15, -0.1) is 0 Å². The lowest BCUT2D eigenvalue weighted by Gasteiger charge is -2.29. The molecule has 2 aliphatic rings. The number of ketones is 1. The van der Waals surface area contributed by atoms with E-state index in [9.17, 15) is 4.79 Å². The Labute approximate surface area is 118 Å². The van der Waals surface area contributed by atoms with Crippen molar-refractivity contribution >= 4 is 5.78 Å². The molecule has 1 aliphatic carbocycles. The molecule has 0 unspecified atom stereocenters. The van der Waals surface area contributed by atoms with Gasteiger partial charge in [0.25, 0.3) is 0 Å². The van der Waals surface area contributed by atoms with Crippen LogP contribution in [0.3, 0.4) is 0 Å². The Bertz CT molecular complexity index is 663. The highest BCUT2D eigenvalue weighted by molar-refractivity contribution is 5.98. The fraction of sp³-hybridized carbons (Fsp3) is 0.375. The predicted molar refractivity (Wildman–Crippen MR) is 74.7 cm³/mol. The summed E-state index contributed by atoms with van der Waals surface area (Å²) in [6, 6.07) is 3.64. The van der Waals surface area contributed by atoms with E-state index < -0.39 is 0 Å². The van der Waals surface area contributed by atoms with Gasteiger partial charge in [-0.3, -0.25) is 4.79 Å². The van der Waals surface area contributed by atoms with Crippen LogP contribution in [-0.4, -0.2) is 17.5 Å². The number of fused-ring (bicyclic) bond motifs is 1. The van der Waals surface area contributed by atoms with Gasteiger partial charge in [-0.1, -0.05) is 13.8 Å². The zero-order chi connectivity index (χ0) is 14.2. The third kappa shape index (κ3) is 2.53. The van der Waals surface area contributed by atoms with Gasteiger partial charge < -0.3 is 10.1 Å². The van der Waals surface area contributed by atoms with Gasteiger partial charge in [0.2, 0.25) is 0 Å². The van der Waals surface area contributed by atoms with E-state index in [0.717, 1.165) is 17.7 Å². The molecular formula is C16H16N2O2. The Balaban J connectivity index is 1.91. The average molecular weight is 268 g/mol. The molecule has 1 aromatic rings. The molecule has 0 radical (unpaired) electrons. The minimum Gasteiger partial charge on any atom is -0.464 e. The average Bonchev–Trinajstić information content (AvgIpc) is 2.87. The molecule has 20 heavy (non-hydrogen) atoms. The summed E-state index contributed by atoms with van der Waals surface area (Å²) >= 11 is 0. The summed E-state index contributed by atoms with van der Waals surface area (Å²) in [5.41, 5.74) is 2.25. The number of allylic oxidation sites excluding steroid dienone is 1. The molecule has 0 aromatic carbocycles. The number of nitrogens with zero attached hydrogens (tertiary/aromatic N) is 1. The van der Waals surface area contributed by atoms with Crippen molar-refractivity contribution < 1.29 is 9.53 Å². The van der Waals surface area contributed by atoms with Gasteiger partial charge in [-0.25, -0.2) is 4.98 Å². The number of nitrogens with one attached hydrogen (secondary N) is 1. The number of carbonyl (C=O) groups excluding carboxylic acids is 1. The molecule has 4 heteroatoms. The summed E-state index contributed by atoms with van der Waals surface area (Å²) < 4.78 is 5.23. The molecule has 102 valence electrons. The summed E-state index contributed by atoms with van der Waals surface area (Å²) in [6.45, 7) is 4.65. The van der Waals surface area contributed by atoms with E-state index in [1.165, 1.54) is 0 Å². The van der Waals surface area contributed by atoms with Gasteiger partial charge in [0, 0.05) is 12.0 Å². The van der Waals surface area contributed by atoms with Crippen molar-refractivity contribution in [1.82, 2.24) is 10.3 Å². The van der Waals surface area contributed by atoms with Crippen molar-refractivity contribution in [1.29, 1.82) is 0 Å². The number of rotatable bonds is 0. The molecule has 1 aliphatic heterocycles. The van der Waals surface area contributed by atoms with Crippen molar-refractivity contribution in [2.24, 2.45) is 5.41 Å². The van der Waals surface area contributed by atoms with Crippen LogP contribution < -0.4 is 5.32 Å². The Morgan fingerprint density at radius 3 is 2.90 bits per heavy atom. The summed E-state index contributed by atoms with van der Waals surface area (Å²) in [4.78, 5) is 16.6. The van der Waals surface area contributed by atoms with E-state index in [-0.39, 0.29) is 11.2 Å². The van der Waals surface area contributed by atoms with Crippen LogP contribution in [0.2, 0.25) is 0 Å². The largest absolute Gasteiger partial charge is 0.464 e. The highest BCUT2D eigenvalue weighted by Crippen LogP contribution is 2.33. The molecule has 0 bridgehead atoms. The van der Waals surface area contributed by atoms with Crippen molar-refractivity contribution in [3.63, 3.8) is 0 Å². The van der Waals surface area contributed by atoms with E-state index >= 15 is 0 Å². The first-order valence-electron chi connectivity index (χ1n) is 6.65.